The van der Waals surface area contributed by atoms with Crippen LogP contribution in [0, 0.1) is 0 Å². The van der Waals surface area contributed by atoms with E-state index in [-0.39, 0.29) is 4.90 Å². The molecule has 1 aliphatic rings. The van der Waals surface area contributed by atoms with Gasteiger partial charge in [-0.3, -0.25) is 4.79 Å². The summed E-state index contributed by atoms with van der Waals surface area (Å²) < 4.78 is 31.6. The van der Waals surface area contributed by atoms with Crippen LogP contribution in [0.2, 0.25) is 0 Å². The molecule has 1 saturated heterocycles. The molecule has 0 aliphatic carbocycles. The van der Waals surface area contributed by atoms with E-state index in [2.05, 4.69) is 5.32 Å². The van der Waals surface area contributed by atoms with Gasteiger partial charge in [0, 0.05) is 18.8 Å². The van der Waals surface area contributed by atoms with Crippen LogP contribution in [0.1, 0.15) is 29.4 Å². The highest BCUT2D eigenvalue weighted by atomic mass is 32.2. The zero-order valence-corrected chi connectivity index (χ0v) is 16.4. The second-order valence-electron chi connectivity index (χ2n) is 6.15. The average molecular weight is 409 g/mol. The van der Waals surface area contributed by atoms with E-state index in [4.69, 9.17) is 4.74 Å². The normalized spacial score (nSPS) is 16.0. The van der Waals surface area contributed by atoms with E-state index < -0.39 is 28.0 Å². The SMILES string of the molecule is C[C@H](OC(=O)c1cccs1)C(=O)Nc1ccc(S(=O)(=O)N2CCCC2)cc1. The number of thiophene rings is 1. The zero-order valence-electron chi connectivity index (χ0n) is 14.8. The number of carbonyl (C=O) groups excluding carboxylic acids is 2. The Morgan fingerprint density at radius 2 is 1.81 bits per heavy atom. The Balaban J connectivity index is 1.60. The maximum atomic E-state index is 12.5. The van der Waals surface area contributed by atoms with Crippen molar-refractivity contribution in [3.8, 4) is 0 Å². The molecule has 1 aromatic carbocycles. The van der Waals surface area contributed by atoms with Crippen LogP contribution in [0.4, 0.5) is 5.69 Å². The number of benzene rings is 1. The minimum absolute atomic E-state index is 0.194. The van der Waals surface area contributed by atoms with Crippen molar-refractivity contribution >= 4 is 38.9 Å². The summed E-state index contributed by atoms with van der Waals surface area (Å²) in [6.07, 6.45) is 0.762. The number of hydrogen-bond acceptors (Lipinski definition) is 6. The van der Waals surface area contributed by atoms with Gasteiger partial charge in [-0.1, -0.05) is 6.07 Å². The summed E-state index contributed by atoms with van der Waals surface area (Å²) >= 11 is 1.24. The van der Waals surface area contributed by atoms with Gasteiger partial charge in [0.2, 0.25) is 10.0 Å². The van der Waals surface area contributed by atoms with E-state index in [0.29, 0.717) is 23.7 Å². The highest BCUT2D eigenvalue weighted by molar-refractivity contribution is 7.89. The number of hydrogen-bond donors (Lipinski definition) is 1. The lowest BCUT2D eigenvalue weighted by atomic mass is 10.3. The smallest absolute Gasteiger partial charge is 0.349 e. The lowest BCUT2D eigenvalue weighted by molar-refractivity contribution is -0.123. The fraction of sp³-hybridized carbons (Fsp3) is 0.333. The van der Waals surface area contributed by atoms with Crippen LogP contribution >= 0.6 is 11.3 Å². The standard InChI is InChI=1S/C18H20N2O5S2/c1-13(25-18(22)16-5-4-12-26-16)17(21)19-14-6-8-15(9-7-14)27(23,24)20-10-2-3-11-20/h4-9,12-13H,2-3,10-11H2,1H3,(H,19,21)/t13-/m0/s1. The predicted molar refractivity (Wildman–Crippen MR) is 102 cm³/mol. The molecule has 2 heterocycles. The molecule has 1 N–H and O–H groups in total. The van der Waals surface area contributed by atoms with Gasteiger partial charge in [-0.2, -0.15) is 4.31 Å². The summed E-state index contributed by atoms with van der Waals surface area (Å²) in [6, 6.07) is 9.32. The molecule has 1 atom stereocenters. The molecule has 1 aliphatic heterocycles. The number of esters is 1. The lowest BCUT2D eigenvalue weighted by Crippen LogP contribution is -2.30. The molecule has 1 fully saturated rings. The molecular formula is C18H20N2O5S2. The van der Waals surface area contributed by atoms with Crippen LogP contribution in [0.25, 0.3) is 0 Å². The minimum Gasteiger partial charge on any atom is -0.448 e. The Morgan fingerprint density at radius 1 is 1.15 bits per heavy atom. The molecule has 0 bridgehead atoms. The summed E-state index contributed by atoms with van der Waals surface area (Å²) in [5.41, 5.74) is 0.430. The van der Waals surface area contributed by atoms with Crippen LogP contribution in [0.5, 0.6) is 0 Å². The predicted octanol–water partition coefficient (Wildman–Crippen LogP) is 2.72. The minimum atomic E-state index is -3.49. The monoisotopic (exact) mass is 408 g/mol. The van der Waals surface area contributed by atoms with Crippen molar-refractivity contribution in [3.63, 3.8) is 0 Å². The molecule has 0 unspecified atom stereocenters. The number of amides is 1. The van der Waals surface area contributed by atoms with Gasteiger partial charge in [-0.05, 0) is 55.5 Å². The second kappa shape index (κ2) is 8.20. The maximum Gasteiger partial charge on any atom is 0.349 e. The third kappa shape index (κ3) is 4.55. The van der Waals surface area contributed by atoms with Crippen LogP contribution < -0.4 is 5.32 Å². The van der Waals surface area contributed by atoms with Crippen molar-refractivity contribution in [1.29, 1.82) is 0 Å². The van der Waals surface area contributed by atoms with Crippen molar-refractivity contribution < 1.29 is 22.7 Å². The van der Waals surface area contributed by atoms with E-state index in [1.807, 2.05) is 0 Å². The summed E-state index contributed by atoms with van der Waals surface area (Å²) in [5.74, 6) is -1.05. The van der Waals surface area contributed by atoms with Crippen molar-refractivity contribution in [2.75, 3.05) is 18.4 Å². The van der Waals surface area contributed by atoms with E-state index >= 15 is 0 Å². The second-order valence-corrected chi connectivity index (χ2v) is 9.04. The molecule has 3 rings (SSSR count). The topological polar surface area (TPSA) is 92.8 Å². The number of anilines is 1. The summed E-state index contributed by atoms with van der Waals surface area (Å²) in [4.78, 5) is 24.7. The molecular weight excluding hydrogens is 388 g/mol. The van der Waals surface area contributed by atoms with Gasteiger partial charge in [-0.25, -0.2) is 13.2 Å². The first kappa shape index (κ1) is 19.5. The molecule has 144 valence electrons. The van der Waals surface area contributed by atoms with Crippen molar-refractivity contribution in [2.24, 2.45) is 0 Å². The molecule has 7 nitrogen and oxygen atoms in total. The summed E-state index contributed by atoms with van der Waals surface area (Å²) in [7, 11) is -3.49. The number of nitrogens with one attached hydrogen (secondary N) is 1. The van der Waals surface area contributed by atoms with E-state index in [1.54, 1.807) is 17.5 Å². The number of carbonyl (C=O) groups is 2. The van der Waals surface area contributed by atoms with Crippen molar-refractivity contribution in [1.82, 2.24) is 4.31 Å². The quantitative estimate of drug-likeness (QED) is 0.742. The number of rotatable bonds is 6. The maximum absolute atomic E-state index is 12.5. The zero-order chi connectivity index (χ0) is 19.4. The molecule has 9 heteroatoms. The number of ether oxygens (including phenoxy) is 1. The molecule has 1 amide bonds. The number of sulfonamides is 1. The molecule has 27 heavy (non-hydrogen) atoms. The van der Waals surface area contributed by atoms with E-state index in [9.17, 15) is 18.0 Å². The van der Waals surface area contributed by atoms with Gasteiger partial charge >= 0.3 is 5.97 Å². The molecule has 0 saturated carbocycles. The summed E-state index contributed by atoms with van der Waals surface area (Å²) in [6.45, 7) is 2.55. The third-order valence-corrected chi connectivity index (χ3v) is 6.96. The fourth-order valence-corrected chi connectivity index (χ4v) is 4.82. The Kier molecular flexibility index (Phi) is 5.93. The molecule has 0 spiro atoms. The van der Waals surface area contributed by atoms with E-state index in [0.717, 1.165) is 12.8 Å². The summed E-state index contributed by atoms with van der Waals surface area (Å²) in [5, 5.41) is 4.37. The van der Waals surface area contributed by atoms with Crippen molar-refractivity contribution in [3.05, 3.63) is 46.7 Å². The largest absolute Gasteiger partial charge is 0.448 e. The Bertz CT molecular complexity index is 902. The van der Waals surface area contributed by atoms with Crippen LogP contribution in [-0.4, -0.2) is 43.8 Å². The molecule has 1 aromatic heterocycles. The Labute approximate surface area is 162 Å². The first-order valence-corrected chi connectivity index (χ1v) is 10.9. The third-order valence-electron chi connectivity index (χ3n) is 4.20. The number of nitrogens with zero attached hydrogens (tertiary/aromatic N) is 1. The molecule has 0 radical (unpaired) electrons. The molecule has 2 aromatic rings. The van der Waals surface area contributed by atoms with Crippen LogP contribution in [-0.2, 0) is 19.6 Å². The van der Waals surface area contributed by atoms with Crippen LogP contribution in [0.3, 0.4) is 0 Å². The Morgan fingerprint density at radius 3 is 2.41 bits per heavy atom. The lowest BCUT2D eigenvalue weighted by Gasteiger charge is -2.16. The van der Waals surface area contributed by atoms with Gasteiger partial charge in [0.05, 0.1) is 4.90 Å². The first-order valence-electron chi connectivity index (χ1n) is 8.53. The fourth-order valence-electron chi connectivity index (χ4n) is 2.70. The van der Waals surface area contributed by atoms with Gasteiger partial charge in [0.1, 0.15) is 4.88 Å². The highest BCUT2D eigenvalue weighted by Gasteiger charge is 2.27. The van der Waals surface area contributed by atoms with Crippen LogP contribution in [0.15, 0.2) is 46.7 Å². The Hall–Kier alpha value is -2.23. The van der Waals surface area contributed by atoms with Gasteiger partial charge in [-0.15, -0.1) is 11.3 Å². The van der Waals surface area contributed by atoms with Crippen molar-refractivity contribution in [2.45, 2.75) is 30.8 Å². The van der Waals surface area contributed by atoms with Gasteiger partial charge in [0.25, 0.3) is 5.91 Å². The average Bonchev–Trinajstić information content (AvgIpc) is 3.36. The first-order chi connectivity index (χ1) is 12.9. The van der Waals surface area contributed by atoms with Gasteiger partial charge in [0.15, 0.2) is 6.10 Å². The van der Waals surface area contributed by atoms with E-state index in [1.165, 1.54) is 46.8 Å². The van der Waals surface area contributed by atoms with Gasteiger partial charge < -0.3 is 10.1 Å². The highest BCUT2D eigenvalue weighted by Crippen LogP contribution is 2.22.